The number of aromatic nitrogens is 4. The van der Waals surface area contributed by atoms with Gasteiger partial charge in [-0.15, -0.1) is 0 Å². The minimum atomic E-state index is -0.398. The zero-order valence-electron chi connectivity index (χ0n) is 16.0. The molecule has 2 heterocycles. The maximum atomic E-state index is 13.1. The van der Waals surface area contributed by atoms with Gasteiger partial charge in [-0.05, 0) is 37.6 Å². The summed E-state index contributed by atoms with van der Waals surface area (Å²) in [6, 6.07) is 13.9. The third kappa shape index (κ3) is 3.49. The van der Waals surface area contributed by atoms with Crippen molar-refractivity contribution in [1.29, 1.82) is 0 Å². The van der Waals surface area contributed by atoms with Crippen molar-refractivity contribution in [3.63, 3.8) is 0 Å². The molecule has 0 unspecified atom stereocenters. The molecule has 2 aromatic carbocycles. The van der Waals surface area contributed by atoms with Gasteiger partial charge in [-0.3, -0.25) is 13.9 Å². The second kappa shape index (κ2) is 7.67. The van der Waals surface area contributed by atoms with Crippen LogP contribution >= 0.6 is 11.6 Å². The van der Waals surface area contributed by atoms with Gasteiger partial charge in [0.2, 0.25) is 11.7 Å². The van der Waals surface area contributed by atoms with Gasteiger partial charge in [-0.2, -0.15) is 4.98 Å². The van der Waals surface area contributed by atoms with Gasteiger partial charge in [0, 0.05) is 16.6 Å². The first-order chi connectivity index (χ1) is 14.0. The van der Waals surface area contributed by atoms with Crippen LogP contribution in [0, 0.1) is 0 Å². The van der Waals surface area contributed by atoms with Crippen LogP contribution in [0.5, 0.6) is 0 Å². The van der Waals surface area contributed by atoms with Crippen LogP contribution in [-0.2, 0) is 6.54 Å². The molecule has 0 amide bonds. The molecule has 8 heteroatoms. The standard InChI is InChI=1S/C21H19ClN4O3/c1-3-13(2)26-20(27)16-9-4-5-10-17(16)25(21(26)28)12-18-23-19(24-29-18)14-7-6-8-15(22)11-14/h4-11,13H,3,12H2,1-2H3/t13-/m0/s1. The Bertz CT molecular complexity index is 1310. The number of halogens is 1. The Labute approximate surface area is 171 Å². The minimum absolute atomic E-state index is 0.0592. The number of hydrogen-bond acceptors (Lipinski definition) is 5. The summed E-state index contributed by atoms with van der Waals surface area (Å²) in [5, 5.41) is 5.04. The van der Waals surface area contributed by atoms with Crippen LogP contribution in [0.3, 0.4) is 0 Å². The third-order valence-electron chi connectivity index (χ3n) is 4.96. The Morgan fingerprint density at radius 1 is 1.14 bits per heavy atom. The summed E-state index contributed by atoms with van der Waals surface area (Å²) in [5.74, 6) is 0.650. The highest BCUT2D eigenvalue weighted by molar-refractivity contribution is 6.30. The van der Waals surface area contributed by atoms with Crippen LogP contribution in [0.4, 0.5) is 0 Å². The number of rotatable bonds is 5. The summed E-state index contributed by atoms with van der Waals surface area (Å²) >= 11 is 6.03. The predicted octanol–water partition coefficient (Wildman–Crippen LogP) is 3.89. The van der Waals surface area contributed by atoms with E-state index in [2.05, 4.69) is 10.1 Å². The molecule has 2 aromatic heterocycles. The molecule has 29 heavy (non-hydrogen) atoms. The van der Waals surface area contributed by atoms with E-state index in [9.17, 15) is 9.59 Å². The number of fused-ring (bicyclic) bond motifs is 1. The zero-order valence-corrected chi connectivity index (χ0v) is 16.8. The van der Waals surface area contributed by atoms with Crippen molar-refractivity contribution in [2.24, 2.45) is 0 Å². The molecule has 0 saturated heterocycles. The van der Waals surface area contributed by atoms with Crippen LogP contribution < -0.4 is 11.2 Å². The van der Waals surface area contributed by atoms with Crippen molar-refractivity contribution < 1.29 is 4.52 Å². The van der Waals surface area contributed by atoms with Crippen molar-refractivity contribution in [3.8, 4) is 11.4 Å². The van der Waals surface area contributed by atoms with Crippen molar-refractivity contribution in [2.75, 3.05) is 0 Å². The minimum Gasteiger partial charge on any atom is -0.337 e. The average molecular weight is 411 g/mol. The maximum Gasteiger partial charge on any atom is 0.332 e. The first kappa shape index (κ1) is 19.1. The van der Waals surface area contributed by atoms with E-state index >= 15 is 0 Å². The quantitative estimate of drug-likeness (QED) is 0.498. The number of hydrogen-bond donors (Lipinski definition) is 0. The zero-order chi connectivity index (χ0) is 20.5. The molecule has 0 spiro atoms. The lowest BCUT2D eigenvalue weighted by Gasteiger charge is -2.16. The van der Waals surface area contributed by atoms with E-state index < -0.39 is 5.69 Å². The lowest BCUT2D eigenvalue weighted by atomic mass is 10.2. The largest absolute Gasteiger partial charge is 0.337 e. The third-order valence-corrected chi connectivity index (χ3v) is 5.19. The Kier molecular flexibility index (Phi) is 5.07. The van der Waals surface area contributed by atoms with E-state index in [0.29, 0.717) is 33.7 Å². The molecule has 148 valence electrons. The molecule has 0 bridgehead atoms. The second-order valence-corrected chi connectivity index (χ2v) is 7.28. The van der Waals surface area contributed by atoms with E-state index in [0.717, 1.165) is 0 Å². The van der Waals surface area contributed by atoms with E-state index in [4.69, 9.17) is 16.1 Å². The number of para-hydroxylation sites is 1. The Morgan fingerprint density at radius 2 is 1.93 bits per heavy atom. The van der Waals surface area contributed by atoms with Gasteiger partial charge in [-0.1, -0.05) is 47.9 Å². The molecular weight excluding hydrogens is 392 g/mol. The highest BCUT2D eigenvalue weighted by atomic mass is 35.5. The highest BCUT2D eigenvalue weighted by Gasteiger charge is 2.18. The van der Waals surface area contributed by atoms with E-state index in [1.807, 2.05) is 19.9 Å². The molecule has 7 nitrogen and oxygen atoms in total. The molecule has 1 atom stereocenters. The van der Waals surface area contributed by atoms with Gasteiger partial charge in [0.05, 0.1) is 10.9 Å². The normalized spacial score (nSPS) is 12.4. The summed E-state index contributed by atoms with van der Waals surface area (Å²) in [4.78, 5) is 30.4. The van der Waals surface area contributed by atoms with Crippen LogP contribution in [0.1, 0.15) is 32.2 Å². The van der Waals surface area contributed by atoms with Crippen molar-refractivity contribution in [2.45, 2.75) is 32.9 Å². The Morgan fingerprint density at radius 3 is 2.69 bits per heavy atom. The number of nitrogens with zero attached hydrogens (tertiary/aromatic N) is 4. The van der Waals surface area contributed by atoms with Crippen molar-refractivity contribution >= 4 is 22.5 Å². The fraction of sp³-hybridized carbons (Fsp3) is 0.238. The van der Waals surface area contributed by atoms with Crippen LogP contribution in [-0.4, -0.2) is 19.3 Å². The fourth-order valence-corrected chi connectivity index (χ4v) is 3.45. The average Bonchev–Trinajstić information content (AvgIpc) is 3.20. The predicted molar refractivity (Wildman–Crippen MR) is 111 cm³/mol. The molecule has 0 radical (unpaired) electrons. The second-order valence-electron chi connectivity index (χ2n) is 6.84. The molecule has 0 aliphatic carbocycles. The van der Waals surface area contributed by atoms with Crippen LogP contribution in [0.25, 0.3) is 22.3 Å². The van der Waals surface area contributed by atoms with Gasteiger partial charge in [-0.25, -0.2) is 4.79 Å². The lowest BCUT2D eigenvalue weighted by Crippen LogP contribution is -2.41. The van der Waals surface area contributed by atoms with Crippen molar-refractivity contribution in [3.05, 3.63) is 80.3 Å². The van der Waals surface area contributed by atoms with E-state index in [1.165, 1.54) is 9.13 Å². The monoisotopic (exact) mass is 410 g/mol. The van der Waals surface area contributed by atoms with Gasteiger partial charge in [0.1, 0.15) is 6.54 Å². The maximum absolute atomic E-state index is 13.1. The molecule has 4 aromatic rings. The van der Waals surface area contributed by atoms with Gasteiger partial charge in [0.15, 0.2) is 0 Å². The first-order valence-electron chi connectivity index (χ1n) is 9.32. The smallest absolute Gasteiger partial charge is 0.332 e. The fourth-order valence-electron chi connectivity index (χ4n) is 3.26. The molecule has 0 saturated carbocycles. The van der Waals surface area contributed by atoms with E-state index in [-0.39, 0.29) is 24.0 Å². The molecule has 0 aliphatic heterocycles. The van der Waals surface area contributed by atoms with Gasteiger partial charge >= 0.3 is 5.69 Å². The SMILES string of the molecule is CC[C@H](C)n1c(=O)c2ccccc2n(Cc2nc(-c3cccc(Cl)c3)no2)c1=O. The van der Waals surface area contributed by atoms with Crippen LogP contribution in [0.15, 0.2) is 62.6 Å². The molecule has 0 aliphatic rings. The summed E-state index contributed by atoms with van der Waals surface area (Å²) in [6.45, 7) is 3.85. The summed E-state index contributed by atoms with van der Waals surface area (Å²) in [5.41, 5.74) is 0.561. The van der Waals surface area contributed by atoms with Gasteiger partial charge in [0.25, 0.3) is 5.56 Å². The highest BCUT2D eigenvalue weighted by Crippen LogP contribution is 2.20. The Hall–Kier alpha value is -3.19. The number of benzene rings is 2. The summed E-state index contributed by atoms with van der Waals surface area (Å²) in [7, 11) is 0. The van der Waals surface area contributed by atoms with Gasteiger partial charge < -0.3 is 4.52 Å². The Balaban J connectivity index is 1.83. The first-order valence-corrected chi connectivity index (χ1v) is 9.70. The van der Waals surface area contributed by atoms with Crippen molar-refractivity contribution in [1.82, 2.24) is 19.3 Å². The topological polar surface area (TPSA) is 82.9 Å². The summed E-state index contributed by atoms with van der Waals surface area (Å²) < 4.78 is 8.16. The molecule has 0 fully saturated rings. The van der Waals surface area contributed by atoms with E-state index in [1.54, 1.807) is 42.5 Å². The molecular formula is C21H19ClN4O3. The lowest BCUT2D eigenvalue weighted by molar-refractivity contribution is 0.367. The summed E-state index contributed by atoms with van der Waals surface area (Å²) in [6.07, 6.45) is 0.660. The molecule has 0 N–H and O–H groups in total. The molecule has 4 rings (SSSR count). The van der Waals surface area contributed by atoms with Crippen LogP contribution in [0.2, 0.25) is 5.02 Å².